The number of rotatable bonds is 2. The average molecular weight is 437 g/mol. The number of carbonyl (C=O) groups is 1. The second-order valence-electron chi connectivity index (χ2n) is 5.90. The van der Waals surface area contributed by atoms with Gasteiger partial charge in [-0.05, 0) is 43.7 Å². The summed E-state index contributed by atoms with van der Waals surface area (Å²) >= 11 is 13.2. The molecule has 2 N–H and O–H groups in total. The van der Waals surface area contributed by atoms with Crippen molar-refractivity contribution in [3.8, 4) is 5.69 Å². The lowest BCUT2D eigenvalue weighted by Crippen LogP contribution is -2.23. The van der Waals surface area contributed by atoms with E-state index in [0.717, 1.165) is 23.9 Å². The highest BCUT2D eigenvalue weighted by Crippen LogP contribution is 2.39. The number of aromatic nitrogens is 1. The van der Waals surface area contributed by atoms with E-state index in [1.807, 2.05) is 0 Å². The molecular weight excluding hydrogens is 424 g/mol. The van der Waals surface area contributed by atoms with Crippen LogP contribution in [0.3, 0.4) is 0 Å². The molecule has 4 nitrogen and oxygen atoms in total. The summed E-state index contributed by atoms with van der Waals surface area (Å²) in [6.45, 7) is 3.48. The topological polar surface area (TPSA) is 54.3 Å². The normalized spacial score (nSPS) is 19.0. The van der Waals surface area contributed by atoms with Gasteiger partial charge in [-0.25, -0.2) is 0 Å². The van der Waals surface area contributed by atoms with Gasteiger partial charge in [0.15, 0.2) is 5.56 Å². The van der Waals surface area contributed by atoms with Gasteiger partial charge >= 0.3 is 6.18 Å². The number of hydrogen-bond acceptors (Lipinski definition) is 3. The van der Waals surface area contributed by atoms with Crippen molar-refractivity contribution in [3.63, 3.8) is 0 Å². The van der Waals surface area contributed by atoms with Gasteiger partial charge in [0.2, 0.25) is 0 Å². The van der Waals surface area contributed by atoms with Crippen LogP contribution in [-0.4, -0.2) is 21.1 Å². The van der Waals surface area contributed by atoms with Crippen LogP contribution in [0.4, 0.5) is 13.2 Å². The predicted octanol–water partition coefficient (Wildman–Crippen LogP) is 4.90. The van der Waals surface area contributed by atoms with E-state index in [-0.39, 0.29) is 15.7 Å². The number of hydrogen-bond donors (Lipinski definition) is 2. The van der Waals surface area contributed by atoms with Crippen LogP contribution < -0.4 is 5.32 Å². The largest absolute Gasteiger partial charge is 0.416 e. The lowest BCUT2D eigenvalue weighted by Gasteiger charge is -2.16. The number of nitrogens with zero attached hydrogens (tertiary/aromatic N) is 1. The molecule has 1 aromatic heterocycles. The van der Waals surface area contributed by atoms with Gasteiger partial charge in [0.05, 0.1) is 26.2 Å². The summed E-state index contributed by atoms with van der Waals surface area (Å²) in [6.07, 6.45) is -2.96. The Morgan fingerprint density at radius 1 is 1.22 bits per heavy atom. The Morgan fingerprint density at radius 3 is 2.30 bits per heavy atom. The van der Waals surface area contributed by atoms with Crippen molar-refractivity contribution in [1.82, 2.24) is 9.88 Å². The van der Waals surface area contributed by atoms with Gasteiger partial charge in [-0.3, -0.25) is 4.79 Å². The maximum atomic E-state index is 12.9. The van der Waals surface area contributed by atoms with Gasteiger partial charge in [-0.2, -0.15) is 13.2 Å². The maximum Gasteiger partial charge on any atom is 0.416 e. The Balaban J connectivity index is 2.11. The predicted molar refractivity (Wildman–Crippen MR) is 100.0 cm³/mol. The number of amides is 1. The first-order valence-corrected chi connectivity index (χ1v) is 9.25. The molecule has 1 aliphatic rings. The zero-order valence-electron chi connectivity index (χ0n) is 14.0. The molecule has 2 aromatic rings. The summed E-state index contributed by atoms with van der Waals surface area (Å²) in [5.74, 6) is -0.400. The minimum Gasteiger partial charge on any atom is -0.364 e. The third kappa shape index (κ3) is 3.85. The molecule has 1 amide bonds. The SMILES string of the molecule is Cc1cc(/C=C2\SC(O)NC2=O)c(C)n1-c1c(Cl)cc(C(F)(F)F)cc1Cl. The van der Waals surface area contributed by atoms with Gasteiger partial charge < -0.3 is 15.0 Å². The Bertz CT molecular complexity index is 947. The van der Waals surface area contributed by atoms with Crippen molar-refractivity contribution in [2.75, 3.05) is 0 Å². The molecule has 1 atom stereocenters. The van der Waals surface area contributed by atoms with Crippen LogP contribution in [0, 0.1) is 13.8 Å². The zero-order chi connectivity index (χ0) is 20.1. The first kappa shape index (κ1) is 20.1. The minimum absolute atomic E-state index is 0.140. The van der Waals surface area contributed by atoms with Gasteiger partial charge in [0.25, 0.3) is 5.91 Å². The lowest BCUT2D eigenvalue weighted by molar-refractivity contribution is -0.137. The highest BCUT2D eigenvalue weighted by molar-refractivity contribution is 8.05. The summed E-state index contributed by atoms with van der Waals surface area (Å²) in [5, 5.41) is 11.6. The van der Waals surface area contributed by atoms with Crippen LogP contribution in [-0.2, 0) is 11.0 Å². The highest BCUT2D eigenvalue weighted by atomic mass is 35.5. The van der Waals surface area contributed by atoms with Crippen LogP contribution in [0.15, 0.2) is 23.1 Å². The Hall–Kier alpha value is -1.61. The third-order valence-electron chi connectivity index (χ3n) is 4.04. The van der Waals surface area contributed by atoms with Crippen LogP contribution in [0.25, 0.3) is 11.8 Å². The van der Waals surface area contributed by atoms with Gasteiger partial charge in [-0.1, -0.05) is 35.0 Å². The van der Waals surface area contributed by atoms with Crippen LogP contribution >= 0.6 is 35.0 Å². The first-order valence-electron chi connectivity index (χ1n) is 7.62. The molecule has 1 fully saturated rings. The van der Waals surface area contributed by atoms with E-state index in [2.05, 4.69) is 5.32 Å². The number of carbonyl (C=O) groups excluding carboxylic acids is 1. The van der Waals surface area contributed by atoms with Gasteiger partial charge in [0, 0.05) is 11.4 Å². The van der Waals surface area contributed by atoms with Crippen molar-refractivity contribution >= 4 is 46.9 Å². The third-order valence-corrected chi connectivity index (χ3v) is 5.52. The number of nitrogens with one attached hydrogen (secondary N) is 1. The Labute approximate surface area is 166 Å². The molecule has 2 heterocycles. The lowest BCUT2D eigenvalue weighted by atomic mass is 10.2. The van der Waals surface area contributed by atoms with E-state index >= 15 is 0 Å². The van der Waals surface area contributed by atoms with E-state index in [9.17, 15) is 23.1 Å². The molecule has 1 aliphatic heterocycles. The average Bonchev–Trinajstić information content (AvgIpc) is 2.98. The molecule has 1 saturated heterocycles. The van der Waals surface area contributed by atoms with Crippen molar-refractivity contribution in [2.45, 2.75) is 25.6 Å². The molecule has 144 valence electrons. The summed E-state index contributed by atoms with van der Waals surface area (Å²) in [5.41, 5.74) is 0.260. The minimum atomic E-state index is -4.56. The number of halogens is 5. The summed E-state index contributed by atoms with van der Waals surface area (Å²) in [7, 11) is 0. The molecule has 3 rings (SSSR count). The van der Waals surface area contributed by atoms with Gasteiger partial charge in [0.1, 0.15) is 0 Å². The molecule has 0 saturated carbocycles. The molecule has 0 spiro atoms. The molecule has 0 radical (unpaired) electrons. The smallest absolute Gasteiger partial charge is 0.364 e. The molecule has 10 heteroatoms. The molecule has 0 aliphatic carbocycles. The van der Waals surface area contributed by atoms with E-state index in [4.69, 9.17) is 23.2 Å². The number of thioether (sulfide) groups is 1. The number of alkyl halides is 3. The fourth-order valence-electron chi connectivity index (χ4n) is 2.85. The van der Waals surface area contributed by atoms with Gasteiger partial charge in [-0.15, -0.1) is 0 Å². The van der Waals surface area contributed by atoms with Crippen LogP contribution in [0.2, 0.25) is 10.0 Å². The molecule has 1 unspecified atom stereocenters. The quantitative estimate of drug-likeness (QED) is 0.658. The van der Waals surface area contributed by atoms with Crippen molar-refractivity contribution in [1.29, 1.82) is 0 Å². The number of aliphatic hydroxyl groups is 1. The van der Waals surface area contributed by atoms with E-state index in [1.54, 1.807) is 30.6 Å². The summed E-state index contributed by atoms with van der Waals surface area (Å²) in [4.78, 5) is 12.1. The number of aryl methyl sites for hydroxylation is 1. The van der Waals surface area contributed by atoms with Crippen molar-refractivity contribution < 1.29 is 23.1 Å². The highest BCUT2D eigenvalue weighted by Gasteiger charge is 2.32. The maximum absolute atomic E-state index is 12.9. The molecular formula is C17H13Cl2F3N2O2S. The standard InChI is InChI=1S/C17H13Cl2F3N2O2S/c1-7-3-9(4-13-15(25)23-16(26)27-13)8(2)24(7)14-11(18)5-10(6-12(14)19)17(20,21)22/h3-6,16,26H,1-2H3,(H,23,25)/b13-4-. The van der Waals surface area contributed by atoms with E-state index in [1.165, 1.54) is 0 Å². The zero-order valence-corrected chi connectivity index (χ0v) is 16.3. The second kappa shape index (κ2) is 7.09. The van der Waals surface area contributed by atoms with Crippen molar-refractivity contribution in [3.05, 3.63) is 55.7 Å². The number of aliphatic hydroxyl groups excluding tert-OH is 1. The van der Waals surface area contributed by atoms with E-state index in [0.29, 0.717) is 21.9 Å². The van der Waals surface area contributed by atoms with Crippen molar-refractivity contribution in [2.24, 2.45) is 0 Å². The first-order chi connectivity index (χ1) is 12.5. The Morgan fingerprint density at radius 2 is 1.81 bits per heavy atom. The van der Waals surface area contributed by atoms with E-state index < -0.39 is 23.2 Å². The number of benzene rings is 1. The molecule has 0 bridgehead atoms. The molecule has 1 aromatic carbocycles. The monoisotopic (exact) mass is 436 g/mol. The fraction of sp³-hybridized carbons (Fsp3) is 0.235. The fourth-order valence-corrected chi connectivity index (χ4v) is 4.27. The van der Waals surface area contributed by atoms with Crippen LogP contribution in [0.1, 0.15) is 22.5 Å². The van der Waals surface area contributed by atoms with Crippen LogP contribution in [0.5, 0.6) is 0 Å². The summed E-state index contributed by atoms with van der Waals surface area (Å²) in [6, 6.07) is 3.41. The Kier molecular flexibility index (Phi) is 5.28. The molecule has 27 heavy (non-hydrogen) atoms. The summed E-state index contributed by atoms with van der Waals surface area (Å²) < 4.78 is 40.5. The second-order valence-corrected chi connectivity index (χ2v) is 7.84.